The van der Waals surface area contributed by atoms with E-state index in [4.69, 9.17) is 20.9 Å². The highest BCUT2D eigenvalue weighted by Crippen LogP contribution is 2.23. The van der Waals surface area contributed by atoms with Gasteiger partial charge in [-0.05, 0) is 55.3 Å². The topological polar surface area (TPSA) is 86.3 Å². The van der Waals surface area contributed by atoms with E-state index in [1.54, 1.807) is 30.6 Å². The molecule has 164 valence electrons. The molecule has 8 nitrogen and oxygen atoms in total. The molecule has 0 spiro atoms. The van der Waals surface area contributed by atoms with Gasteiger partial charge in [0.25, 0.3) is 5.89 Å². The fourth-order valence-corrected chi connectivity index (χ4v) is 3.95. The fraction of sp³-hybridized carbons (Fsp3) is 0.304. The second-order valence-electron chi connectivity index (χ2n) is 7.73. The molecule has 1 saturated heterocycles. The molecular formula is C23H22ClN5O3. The van der Waals surface area contributed by atoms with Gasteiger partial charge in [0.05, 0.1) is 17.4 Å². The number of likely N-dealkylation sites (tertiary alicyclic amines) is 1. The number of halogens is 1. The number of nitrogens with zero attached hydrogens (tertiary/aromatic N) is 5. The summed E-state index contributed by atoms with van der Waals surface area (Å²) in [6, 6.07) is 12.9. The minimum Gasteiger partial charge on any atom is -0.484 e. The molecule has 1 aliphatic rings. The second-order valence-corrected chi connectivity index (χ2v) is 8.17. The van der Waals surface area contributed by atoms with Crippen molar-refractivity contribution < 1.29 is 14.1 Å². The van der Waals surface area contributed by atoms with E-state index in [0.29, 0.717) is 35.5 Å². The minimum absolute atomic E-state index is 0.163. The van der Waals surface area contributed by atoms with Crippen molar-refractivity contribution in [1.82, 2.24) is 24.6 Å². The fourth-order valence-electron chi connectivity index (χ4n) is 3.83. The number of hydrogen-bond donors (Lipinski definition) is 0. The molecule has 1 amide bonds. The van der Waals surface area contributed by atoms with Crippen LogP contribution in [0.2, 0.25) is 5.02 Å². The summed E-state index contributed by atoms with van der Waals surface area (Å²) in [5.74, 6) is 1.73. The van der Waals surface area contributed by atoms with Gasteiger partial charge in [0.1, 0.15) is 5.75 Å². The maximum absolute atomic E-state index is 12.3. The molecule has 3 heterocycles. The van der Waals surface area contributed by atoms with Gasteiger partial charge in [-0.15, -0.1) is 0 Å². The Bertz CT molecular complexity index is 1230. The second kappa shape index (κ2) is 9.00. The van der Waals surface area contributed by atoms with Crippen molar-refractivity contribution in [3.63, 3.8) is 0 Å². The molecule has 0 saturated carbocycles. The SMILES string of the molecule is O=C(CCn1cnc2cc(-c3noc(COc4ccc(Cl)cc4)n3)ccc21)N1CCCC1. The van der Waals surface area contributed by atoms with Crippen LogP contribution in [-0.2, 0) is 17.9 Å². The predicted octanol–water partition coefficient (Wildman–Crippen LogP) is 4.33. The Labute approximate surface area is 189 Å². The van der Waals surface area contributed by atoms with E-state index >= 15 is 0 Å². The molecule has 0 N–H and O–H groups in total. The third-order valence-corrected chi connectivity index (χ3v) is 5.80. The first-order valence-electron chi connectivity index (χ1n) is 10.6. The van der Waals surface area contributed by atoms with E-state index in [1.807, 2.05) is 27.7 Å². The van der Waals surface area contributed by atoms with Crippen LogP contribution < -0.4 is 4.74 Å². The minimum atomic E-state index is 0.163. The average Bonchev–Trinajstić information content (AvgIpc) is 3.58. The van der Waals surface area contributed by atoms with E-state index in [9.17, 15) is 4.79 Å². The van der Waals surface area contributed by atoms with Crippen LogP contribution in [0.1, 0.15) is 25.2 Å². The number of aryl methyl sites for hydroxylation is 1. The van der Waals surface area contributed by atoms with Crippen LogP contribution in [0.5, 0.6) is 5.75 Å². The summed E-state index contributed by atoms with van der Waals surface area (Å²) >= 11 is 5.88. The molecule has 1 fully saturated rings. The third-order valence-electron chi connectivity index (χ3n) is 5.55. The predicted molar refractivity (Wildman–Crippen MR) is 119 cm³/mol. The van der Waals surface area contributed by atoms with Crippen LogP contribution in [0.25, 0.3) is 22.4 Å². The molecule has 2 aromatic carbocycles. The van der Waals surface area contributed by atoms with E-state index < -0.39 is 0 Å². The molecule has 32 heavy (non-hydrogen) atoms. The van der Waals surface area contributed by atoms with Crippen molar-refractivity contribution in [2.24, 2.45) is 0 Å². The van der Waals surface area contributed by atoms with Crippen molar-refractivity contribution in [2.45, 2.75) is 32.4 Å². The van der Waals surface area contributed by atoms with Crippen LogP contribution >= 0.6 is 11.6 Å². The summed E-state index contributed by atoms with van der Waals surface area (Å²) in [5.41, 5.74) is 2.59. The van der Waals surface area contributed by atoms with Gasteiger partial charge >= 0.3 is 0 Å². The van der Waals surface area contributed by atoms with Crippen molar-refractivity contribution >= 4 is 28.5 Å². The Balaban J connectivity index is 1.24. The lowest BCUT2D eigenvalue weighted by Crippen LogP contribution is -2.28. The summed E-state index contributed by atoms with van der Waals surface area (Å²) in [5, 5.41) is 4.70. The number of benzene rings is 2. The lowest BCUT2D eigenvalue weighted by Gasteiger charge is -2.15. The first kappa shape index (κ1) is 20.5. The zero-order chi connectivity index (χ0) is 21.9. The van der Waals surface area contributed by atoms with Crippen molar-refractivity contribution in [3.8, 4) is 17.1 Å². The molecule has 0 radical (unpaired) electrons. The van der Waals surface area contributed by atoms with Gasteiger partial charge in [0.2, 0.25) is 11.7 Å². The van der Waals surface area contributed by atoms with Crippen LogP contribution in [-0.4, -0.2) is 43.6 Å². The monoisotopic (exact) mass is 451 g/mol. The molecule has 0 atom stereocenters. The summed E-state index contributed by atoms with van der Waals surface area (Å²) in [4.78, 5) is 23.2. The van der Waals surface area contributed by atoms with Crippen molar-refractivity contribution in [3.05, 3.63) is 59.7 Å². The first-order valence-corrected chi connectivity index (χ1v) is 11.0. The highest BCUT2D eigenvalue weighted by atomic mass is 35.5. The van der Waals surface area contributed by atoms with Crippen molar-refractivity contribution in [2.75, 3.05) is 13.1 Å². The van der Waals surface area contributed by atoms with Crippen LogP contribution in [0.15, 0.2) is 53.3 Å². The van der Waals surface area contributed by atoms with Gasteiger partial charge in [0, 0.05) is 36.6 Å². The van der Waals surface area contributed by atoms with Crippen LogP contribution in [0.3, 0.4) is 0 Å². The van der Waals surface area contributed by atoms with Gasteiger partial charge in [-0.3, -0.25) is 4.79 Å². The highest BCUT2D eigenvalue weighted by Gasteiger charge is 2.18. The molecule has 4 aromatic rings. The molecule has 5 rings (SSSR count). The molecule has 1 aliphatic heterocycles. The maximum atomic E-state index is 12.3. The summed E-state index contributed by atoms with van der Waals surface area (Å²) in [6.07, 6.45) is 4.46. The summed E-state index contributed by atoms with van der Waals surface area (Å²) < 4.78 is 13.0. The number of carbonyl (C=O) groups excluding carboxylic acids is 1. The summed E-state index contributed by atoms with van der Waals surface area (Å²) in [7, 11) is 0. The number of rotatable bonds is 7. The number of aromatic nitrogens is 4. The number of fused-ring (bicyclic) bond motifs is 1. The maximum Gasteiger partial charge on any atom is 0.264 e. The normalized spacial score (nSPS) is 13.7. The lowest BCUT2D eigenvalue weighted by molar-refractivity contribution is -0.130. The highest BCUT2D eigenvalue weighted by molar-refractivity contribution is 6.30. The van der Waals surface area contributed by atoms with Crippen LogP contribution in [0.4, 0.5) is 0 Å². The Morgan fingerprint density at radius 3 is 2.75 bits per heavy atom. The number of carbonyl (C=O) groups is 1. The zero-order valence-corrected chi connectivity index (χ0v) is 18.2. The lowest BCUT2D eigenvalue weighted by atomic mass is 10.2. The smallest absolute Gasteiger partial charge is 0.264 e. The number of ether oxygens (including phenoxy) is 1. The van der Waals surface area contributed by atoms with Gasteiger partial charge in [-0.1, -0.05) is 16.8 Å². The Morgan fingerprint density at radius 1 is 1.12 bits per heavy atom. The molecule has 0 unspecified atom stereocenters. The molecule has 9 heteroatoms. The quantitative estimate of drug-likeness (QED) is 0.415. The molecule has 2 aromatic heterocycles. The first-order chi connectivity index (χ1) is 15.7. The van der Waals surface area contributed by atoms with Crippen LogP contribution in [0, 0.1) is 0 Å². The van der Waals surface area contributed by atoms with E-state index in [2.05, 4.69) is 15.1 Å². The number of amides is 1. The summed E-state index contributed by atoms with van der Waals surface area (Å²) in [6.45, 7) is 2.53. The third kappa shape index (κ3) is 4.45. The van der Waals surface area contributed by atoms with Gasteiger partial charge < -0.3 is 18.7 Å². The molecule has 0 bridgehead atoms. The standard InChI is InChI=1S/C23H22ClN5O3/c24-17-4-6-18(7-5-17)31-14-21-26-23(27-32-21)16-3-8-20-19(13-16)25-15-29(20)12-9-22(30)28-10-1-2-11-28/h3-8,13,15H,1-2,9-12,14H2. The molecule has 0 aliphatic carbocycles. The van der Waals surface area contributed by atoms with Gasteiger partial charge in [-0.2, -0.15) is 4.98 Å². The zero-order valence-electron chi connectivity index (χ0n) is 17.4. The van der Waals surface area contributed by atoms with Crippen molar-refractivity contribution in [1.29, 1.82) is 0 Å². The van der Waals surface area contributed by atoms with E-state index in [-0.39, 0.29) is 12.5 Å². The van der Waals surface area contributed by atoms with E-state index in [0.717, 1.165) is 42.5 Å². The van der Waals surface area contributed by atoms with E-state index in [1.165, 1.54) is 0 Å². The number of imidazole rings is 1. The Morgan fingerprint density at radius 2 is 1.94 bits per heavy atom. The largest absolute Gasteiger partial charge is 0.484 e. The number of hydrogen-bond acceptors (Lipinski definition) is 6. The molecular weight excluding hydrogens is 430 g/mol. The Hall–Kier alpha value is -3.39. The Kier molecular flexibility index (Phi) is 5.77. The average molecular weight is 452 g/mol. The van der Waals surface area contributed by atoms with Gasteiger partial charge in [0.15, 0.2) is 6.61 Å². The van der Waals surface area contributed by atoms with Gasteiger partial charge in [-0.25, -0.2) is 4.98 Å².